The van der Waals surface area contributed by atoms with E-state index in [1.807, 2.05) is 6.92 Å². The predicted octanol–water partition coefficient (Wildman–Crippen LogP) is 3.32. The van der Waals surface area contributed by atoms with Crippen molar-refractivity contribution >= 4 is 17.7 Å². The number of esters is 2. The highest BCUT2D eigenvalue weighted by atomic mass is 16.6. The fourth-order valence-corrected chi connectivity index (χ4v) is 4.09. The zero-order valence-electron chi connectivity index (χ0n) is 30.2. The summed E-state index contributed by atoms with van der Waals surface area (Å²) in [5.41, 5.74) is 0.293. The minimum atomic E-state index is -0.900. The molecule has 0 saturated carbocycles. The largest absolute Gasteiger partial charge is 0.463 e. The Morgan fingerprint density at radius 1 is 0.480 bits per heavy atom. The molecule has 0 amide bonds. The average molecular weight is 717 g/mol. The second-order valence-corrected chi connectivity index (χ2v) is 10.8. The SMILES string of the molecule is CCCCC(CC)C(=O)OCCOCCOCCOCCOCCOCCOCCOCCOCCOCCOC(=O)C(=O)c1ccccc1. The molecular formula is C36H60O14. The van der Waals surface area contributed by atoms with Crippen molar-refractivity contribution in [2.24, 2.45) is 5.92 Å². The Bertz CT molecular complexity index is 933. The molecule has 0 N–H and O–H groups in total. The fourth-order valence-electron chi connectivity index (χ4n) is 4.09. The van der Waals surface area contributed by atoms with Gasteiger partial charge in [0, 0.05) is 5.56 Å². The second-order valence-electron chi connectivity index (χ2n) is 10.8. The van der Waals surface area contributed by atoms with Crippen LogP contribution in [0.25, 0.3) is 0 Å². The molecule has 14 nitrogen and oxygen atoms in total. The van der Waals surface area contributed by atoms with E-state index in [2.05, 4.69) is 6.92 Å². The normalized spacial score (nSPS) is 11.8. The molecule has 0 aromatic heterocycles. The molecule has 1 rings (SSSR count). The standard InChI is InChI=1S/C36H60O14/c1-3-5-9-32(4-2)35(38)49-30-28-47-26-24-45-22-20-43-18-16-41-14-12-40-13-15-42-17-19-44-21-23-46-25-27-48-29-31-50-36(39)34(37)33-10-7-6-8-11-33/h6-8,10-11,32H,3-5,9,12-31H2,1-2H3. The zero-order valence-corrected chi connectivity index (χ0v) is 30.2. The molecular weight excluding hydrogens is 656 g/mol. The molecule has 1 aromatic rings. The van der Waals surface area contributed by atoms with Crippen molar-refractivity contribution in [2.75, 3.05) is 132 Å². The van der Waals surface area contributed by atoms with Crippen molar-refractivity contribution in [3.05, 3.63) is 35.9 Å². The Labute approximate surface area is 297 Å². The van der Waals surface area contributed by atoms with Gasteiger partial charge in [-0.25, -0.2) is 4.79 Å². The Kier molecular flexibility index (Phi) is 31.8. The summed E-state index contributed by atoms with van der Waals surface area (Å²) < 4.78 is 59.2. The highest BCUT2D eigenvalue weighted by molar-refractivity contribution is 6.40. The van der Waals surface area contributed by atoms with Gasteiger partial charge in [0.1, 0.15) is 13.2 Å². The summed E-state index contributed by atoms with van der Waals surface area (Å²) >= 11 is 0. The molecule has 1 aromatic carbocycles. The highest BCUT2D eigenvalue weighted by Crippen LogP contribution is 2.14. The van der Waals surface area contributed by atoms with Gasteiger partial charge in [0.2, 0.25) is 0 Å². The summed E-state index contributed by atoms with van der Waals surface area (Å²) in [4.78, 5) is 35.6. The molecule has 14 heteroatoms. The third-order valence-electron chi connectivity index (χ3n) is 6.86. The van der Waals surface area contributed by atoms with Gasteiger partial charge in [-0.3, -0.25) is 9.59 Å². The predicted molar refractivity (Wildman–Crippen MR) is 183 cm³/mol. The summed E-state index contributed by atoms with van der Waals surface area (Å²) in [6.07, 6.45) is 3.80. The molecule has 0 heterocycles. The monoisotopic (exact) mass is 716 g/mol. The lowest BCUT2D eigenvalue weighted by atomic mass is 10.00. The van der Waals surface area contributed by atoms with Crippen molar-refractivity contribution in [1.29, 1.82) is 0 Å². The molecule has 0 aliphatic carbocycles. The van der Waals surface area contributed by atoms with Crippen LogP contribution in [0.5, 0.6) is 0 Å². The van der Waals surface area contributed by atoms with Gasteiger partial charge in [0.05, 0.1) is 125 Å². The number of carbonyl (C=O) groups excluding carboxylic acids is 3. The number of ketones is 1. The molecule has 0 bridgehead atoms. The van der Waals surface area contributed by atoms with Crippen molar-refractivity contribution in [2.45, 2.75) is 39.5 Å². The molecule has 0 spiro atoms. The number of unbranched alkanes of at least 4 members (excludes halogenated alkanes) is 1. The number of hydrogen-bond acceptors (Lipinski definition) is 14. The average Bonchev–Trinajstić information content (AvgIpc) is 3.14. The van der Waals surface area contributed by atoms with E-state index in [9.17, 15) is 14.4 Å². The van der Waals surface area contributed by atoms with Crippen LogP contribution in [0.15, 0.2) is 30.3 Å². The number of benzene rings is 1. The van der Waals surface area contributed by atoms with Crippen LogP contribution in [-0.2, 0) is 61.7 Å². The van der Waals surface area contributed by atoms with Crippen LogP contribution in [0.3, 0.4) is 0 Å². The molecule has 0 saturated heterocycles. The van der Waals surface area contributed by atoms with E-state index in [1.54, 1.807) is 30.3 Å². The maximum Gasteiger partial charge on any atom is 0.379 e. The Morgan fingerprint density at radius 3 is 1.16 bits per heavy atom. The first-order chi connectivity index (χ1) is 24.6. The van der Waals surface area contributed by atoms with Gasteiger partial charge in [-0.1, -0.05) is 57.0 Å². The topological polar surface area (TPSA) is 153 Å². The van der Waals surface area contributed by atoms with E-state index in [1.165, 1.54) is 0 Å². The second kappa shape index (κ2) is 34.9. The van der Waals surface area contributed by atoms with Gasteiger partial charge in [-0.05, 0) is 12.8 Å². The van der Waals surface area contributed by atoms with Gasteiger partial charge in [0.25, 0.3) is 5.78 Å². The first-order valence-electron chi connectivity index (χ1n) is 17.7. The maximum atomic E-state index is 12.0. The Hall–Kier alpha value is -2.53. The van der Waals surface area contributed by atoms with Gasteiger partial charge < -0.3 is 52.1 Å². The summed E-state index contributed by atoms with van der Waals surface area (Å²) in [6, 6.07) is 8.25. The molecule has 0 fully saturated rings. The van der Waals surface area contributed by atoms with Crippen LogP contribution in [0, 0.1) is 5.92 Å². The van der Waals surface area contributed by atoms with Gasteiger partial charge in [-0.15, -0.1) is 0 Å². The molecule has 0 aliphatic rings. The molecule has 50 heavy (non-hydrogen) atoms. The van der Waals surface area contributed by atoms with E-state index in [0.717, 1.165) is 25.7 Å². The minimum absolute atomic E-state index is 0.00594. The minimum Gasteiger partial charge on any atom is -0.463 e. The lowest BCUT2D eigenvalue weighted by molar-refractivity contribution is -0.150. The summed E-state index contributed by atoms with van der Waals surface area (Å²) in [5, 5.41) is 0. The first-order valence-corrected chi connectivity index (χ1v) is 17.7. The van der Waals surface area contributed by atoms with E-state index in [0.29, 0.717) is 118 Å². The van der Waals surface area contributed by atoms with Crippen LogP contribution in [-0.4, -0.2) is 150 Å². The number of ether oxygens (including phenoxy) is 11. The quantitative estimate of drug-likeness (QED) is 0.0428. The van der Waals surface area contributed by atoms with Crippen molar-refractivity contribution in [3.8, 4) is 0 Å². The van der Waals surface area contributed by atoms with Gasteiger partial charge in [0.15, 0.2) is 0 Å². The molecule has 1 atom stereocenters. The smallest absolute Gasteiger partial charge is 0.379 e. The lowest BCUT2D eigenvalue weighted by Gasteiger charge is -2.13. The number of hydrogen-bond donors (Lipinski definition) is 0. The van der Waals surface area contributed by atoms with Crippen molar-refractivity contribution in [1.82, 2.24) is 0 Å². The lowest BCUT2D eigenvalue weighted by Crippen LogP contribution is -2.20. The Morgan fingerprint density at radius 2 is 0.820 bits per heavy atom. The molecule has 288 valence electrons. The van der Waals surface area contributed by atoms with E-state index < -0.39 is 11.8 Å². The van der Waals surface area contributed by atoms with Crippen molar-refractivity contribution < 1.29 is 66.5 Å². The summed E-state index contributed by atoms with van der Waals surface area (Å²) in [7, 11) is 0. The number of carbonyl (C=O) groups is 3. The molecule has 0 aliphatic heterocycles. The zero-order chi connectivity index (χ0) is 36.2. The third-order valence-corrected chi connectivity index (χ3v) is 6.86. The fraction of sp³-hybridized carbons (Fsp3) is 0.750. The van der Waals surface area contributed by atoms with E-state index in [4.69, 9.17) is 52.1 Å². The number of Topliss-reactive ketones (excluding diaryl/α,β-unsaturated/α-hetero) is 1. The van der Waals surface area contributed by atoms with Crippen LogP contribution in [0.2, 0.25) is 0 Å². The van der Waals surface area contributed by atoms with Crippen molar-refractivity contribution in [3.63, 3.8) is 0 Å². The van der Waals surface area contributed by atoms with Crippen LogP contribution in [0.4, 0.5) is 0 Å². The molecule has 0 radical (unpaired) electrons. The van der Waals surface area contributed by atoms with Gasteiger partial charge >= 0.3 is 11.9 Å². The van der Waals surface area contributed by atoms with Crippen LogP contribution >= 0.6 is 0 Å². The van der Waals surface area contributed by atoms with Crippen LogP contribution in [0.1, 0.15) is 49.9 Å². The molecule has 1 unspecified atom stereocenters. The van der Waals surface area contributed by atoms with E-state index >= 15 is 0 Å². The Balaban J connectivity index is 1.70. The maximum absolute atomic E-state index is 12.0. The summed E-state index contributed by atoms with van der Waals surface area (Å²) in [6.45, 7) is 12.1. The van der Waals surface area contributed by atoms with E-state index in [-0.39, 0.29) is 31.7 Å². The van der Waals surface area contributed by atoms with Gasteiger partial charge in [-0.2, -0.15) is 0 Å². The number of rotatable bonds is 37. The highest BCUT2D eigenvalue weighted by Gasteiger charge is 2.18. The third kappa shape index (κ3) is 27.2. The van der Waals surface area contributed by atoms with Crippen LogP contribution < -0.4 is 0 Å². The first kappa shape index (κ1) is 45.5. The summed E-state index contributed by atoms with van der Waals surface area (Å²) in [5.74, 6) is -1.72.